The van der Waals surface area contributed by atoms with Gasteiger partial charge in [-0.15, -0.1) is 0 Å². The van der Waals surface area contributed by atoms with Gasteiger partial charge in [0.2, 0.25) is 5.91 Å². The number of carbonyl (C=O) groups excluding carboxylic acids is 2. The quantitative estimate of drug-likeness (QED) is 0.515. The predicted molar refractivity (Wildman–Crippen MR) is 99.7 cm³/mol. The van der Waals surface area contributed by atoms with E-state index in [1.165, 1.54) is 17.3 Å². The van der Waals surface area contributed by atoms with Crippen molar-refractivity contribution in [2.24, 2.45) is 0 Å². The molecule has 4 aromatic rings. The Labute approximate surface area is 159 Å². The molecule has 140 valence electrons. The number of furan rings is 1. The maximum Gasteiger partial charge on any atom is 0.270 e. The van der Waals surface area contributed by atoms with Crippen LogP contribution in [-0.4, -0.2) is 31.6 Å². The minimum atomic E-state index is -0.444. The van der Waals surface area contributed by atoms with E-state index in [4.69, 9.17) is 4.42 Å². The number of hydrogen-bond donors (Lipinski definition) is 2. The summed E-state index contributed by atoms with van der Waals surface area (Å²) in [4.78, 5) is 33.0. The van der Waals surface area contributed by atoms with Crippen molar-refractivity contribution in [1.29, 1.82) is 0 Å². The SMILES string of the molecule is O=C(CCn1cncn1)NNC(=O)c1cc(-c2ccco2)nc2ccccc12. The lowest BCUT2D eigenvalue weighted by Gasteiger charge is -2.10. The molecule has 9 nitrogen and oxygen atoms in total. The van der Waals surface area contributed by atoms with Crippen molar-refractivity contribution < 1.29 is 14.0 Å². The second-order valence-corrected chi connectivity index (χ2v) is 5.96. The highest BCUT2D eigenvalue weighted by Gasteiger charge is 2.15. The van der Waals surface area contributed by atoms with Crippen LogP contribution in [0, 0.1) is 0 Å². The normalized spacial score (nSPS) is 10.7. The fourth-order valence-corrected chi connectivity index (χ4v) is 2.73. The van der Waals surface area contributed by atoms with E-state index in [0.29, 0.717) is 34.5 Å². The van der Waals surface area contributed by atoms with Crippen LogP contribution in [0.4, 0.5) is 0 Å². The number of hydrazine groups is 1. The van der Waals surface area contributed by atoms with Crippen LogP contribution in [0.5, 0.6) is 0 Å². The molecule has 0 bridgehead atoms. The molecule has 3 aromatic heterocycles. The summed E-state index contributed by atoms with van der Waals surface area (Å²) in [5.41, 5.74) is 6.44. The van der Waals surface area contributed by atoms with E-state index in [1.54, 1.807) is 30.5 Å². The van der Waals surface area contributed by atoms with Crippen molar-refractivity contribution in [2.75, 3.05) is 0 Å². The topological polar surface area (TPSA) is 115 Å². The molecule has 2 N–H and O–H groups in total. The van der Waals surface area contributed by atoms with Crippen molar-refractivity contribution in [3.8, 4) is 11.5 Å². The van der Waals surface area contributed by atoms with Gasteiger partial charge in [-0.25, -0.2) is 9.97 Å². The van der Waals surface area contributed by atoms with Gasteiger partial charge >= 0.3 is 0 Å². The molecule has 0 aliphatic rings. The second kappa shape index (κ2) is 7.70. The summed E-state index contributed by atoms with van der Waals surface area (Å²) in [6.07, 6.45) is 4.61. The minimum Gasteiger partial charge on any atom is -0.463 e. The number of rotatable bonds is 5. The van der Waals surface area contributed by atoms with E-state index in [0.717, 1.165) is 0 Å². The molecule has 4 rings (SSSR count). The Balaban J connectivity index is 1.51. The van der Waals surface area contributed by atoms with E-state index < -0.39 is 5.91 Å². The van der Waals surface area contributed by atoms with Crippen LogP contribution >= 0.6 is 0 Å². The molecule has 1 aromatic carbocycles. The van der Waals surface area contributed by atoms with E-state index in [9.17, 15) is 9.59 Å². The molecule has 0 aliphatic heterocycles. The molecule has 0 atom stereocenters. The number of benzene rings is 1. The van der Waals surface area contributed by atoms with Gasteiger partial charge in [-0.3, -0.25) is 25.1 Å². The third kappa shape index (κ3) is 3.73. The molecule has 3 heterocycles. The lowest BCUT2D eigenvalue weighted by atomic mass is 10.1. The van der Waals surface area contributed by atoms with Gasteiger partial charge in [-0.1, -0.05) is 18.2 Å². The van der Waals surface area contributed by atoms with E-state index in [1.807, 2.05) is 18.2 Å². The summed E-state index contributed by atoms with van der Waals surface area (Å²) >= 11 is 0. The first-order chi connectivity index (χ1) is 13.7. The molecular formula is C19H16N6O3. The van der Waals surface area contributed by atoms with Crippen LogP contribution in [0.15, 0.2) is 65.8 Å². The monoisotopic (exact) mass is 376 g/mol. The standard InChI is InChI=1S/C19H16N6O3/c26-18(7-8-25-12-20-11-21-25)23-24-19(27)14-10-16(17-6-3-9-28-17)22-15-5-2-1-4-13(14)15/h1-6,9-12H,7-8H2,(H,23,26)(H,24,27). The first-order valence-electron chi connectivity index (χ1n) is 8.56. The zero-order valence-electron chi connectivity index (χ0n) is 14.7. The summed E-state index contributed by atoms with van der Waals surface area (Å²) in [6, 6.07) is 12.4. The zero-order valence-corrected chi connectivity index (χ0v) is 14.7. The van der Waals surface area contributed by atoms with Gasteiger partial charge in [-0.2, -0.15) is 5.10 Å². The smallest absolute Gasteiger partial charge is 0.270 e. The lowest BCUT2D eigenvalue weighted by molar-refractivity contribution is -0.122. The van der Waals surface area contributed by atoms with Gasteiger partial charge in [0, 0.05) is 11.8 Å². The first-order valence-corrected chi connectivity index (χ1v) is 8.56. The molecule has 0 spiro atoms. The molecule has 28 heavy (non-hydrogen) atoms. The molecule has 0 radical (unpaired) electrons. The Bertz CT molecular complexity index is 1110. The van der Waals surface area contributed by atoms with Gasteiger partial charge in [0.1, 0.15) is 18.3 Å². The van der Waals surface area contributed by atoms with E-state index >= 15 is 0 Å². The van der Waals surface area contributed by atoms with Gasteiger partial charge in [-0.05, 0) is 24.3 Å². The maximum absolute atomic E-state index is 12.7. The maximum atomic E-state index is 12.7. The molecule has 0 fully saturated rings. The number of hydrogen-bond acceptors (Lipinski definition) is 6. The number of para-hydroxylation sites is 1. The van der Waals surface area contributed by atoms with Crippen molar-refractivity contribution >= 4 is 22.7 Å². The van der Waals surface area contributed by atoms with Gasteiger partial charge in [0.15, 0.2) is 5.76 Å². The van der Waals surface area contributed by atoms with Crippen LogP contribution < -0.4 is 10.9 Å². The van der Waals surface area contributed by atoms with Crippen LogP contribution in [0.25, 0.3) is 22.4 Å². The highest BCUT2D eigenvalue weighted by atomic mass is 16.3. The highest BCUT2D eigenvalue weighted by molar-refractivity contribution is 6.07. The van der Waals surface area contributed by atoms with Gasteiger partial charge in [0.05, 0.1) is 23.9 Å². The minimum absolute atomic E-state index is 0.151. The summed E-state index contributed by atoms with van der Waals surface area (Å²) in [6.45, 7) is 0.364. The Morgan fingerprint density at radius 1 is 1.11 bits per heavy atom. The number of carbonyl (C=O) groups is 2. The fourth-order valence-electron chi connectivity index (χ4n) is 2.73. The average Bonchev–Trinajstić information content (AvgIpc) is 3.43. The van der Waals surface area contributed by atoms with Crippen molar-refractivity contribution in [2.45, 2.75) is 13.0 Å². The van der Waals surface area contributed by atoms with Crippen molar-refractivity contribution in [3.63, 3.8) is 0 Å². The third-order valence-corrected chi connectivity index (χ3v) is 4.08. The number of aromatic nitrogens is 4. The number of nitrogens with zero attached hydrogens (tertiary/aromatic N) is 4. The zero-order chi connectivity index (χ0) is 19.3. The first kappa shape index (κ1) is 17.4. The summed E-state index contributed by atoms with van der Waals surface area (Å²) in [5, 5.41) is 4.59. The summed E-state index contributed by atoms with van der Waals surface area (Å²) in [5.74, 6) is -0.231. The number of fused-ring (bicyclic) bond motifs is 1. The fraction of sp³-hybridized carbons (Fsp3) is 0.105. The second-order valence-electron chi connectivity index (χ2n) is 5.96. The van der Waals surface area contributed by atoms with E-state index in [2.05, 4.69) is 25.9 Å². The number of aryl methyl sites for hydroxylation is 1. The third-order valence-electron chi connectivity index (χ3n) is 4.08. The van der Waals surface area contributed by atoms with Gasteiger partial charge < -0.3 is 4.42 Å². The number of pyridine rings is 1. The summed E-state index contributed by atoms with van der Waals surface area (Å²) in [7, 11) is 0. The Morgan fingerprint density at radius 2 is 2.00 bits per heavy atom. The molecular weight excluding hydrogens is 360 g/mol. The van der Waals surface area contributed by atoms with Crippen LogP contribution in [0.2, 0.25) is 0 Å². The molecule has 2 amide bonds. The number of amides is 2. The summed E-state index contributed by atoms with van der Waals surface area (Å²) < 4.78 is 6.93. The lowest BCUT2D eigenvalue weighted by Crippen LogP contribution is -2.42. The Hall–Kier alpha value is -4.01. The van der Waals surface area contributed by atoms with Crippen molar-refractivity contribution in [3.05, 3.63) is 66.9 Å². The molecule has 9 heteroatoms. The molecule has 0 unspecified atom stereocenters. The highest BCUT2D eigenvalue weighted by Crippen LogP contribution is 2.25. The molecule has 0 aliphatic carbocycles. The predicted octanol–water partition coefficient (Wildman–Crippen LogP) is 1.94. The van der Waals surface area contributed by atoms with Crippen LogP contribution in [-0.2, 0) is 11.3 Å². The number of nitrogens with one attached hydrogen (secondary N) is 2. The average molecular weight is 376 g/mol. The van der Waals surface area contributed by atoms with E-state index in [-0.39, 0.29) is 12.3 Å². The van der Waals surface area contributed by atoms with Crippen LogP contribution in [0.1, 0.15) is 16.8 Å². The van der Waals surface area contributed by atoms with Gasteiger partial charge in [0.25, 0.3) is 5.91 Å². The largest absolute Gasteiger partial charge is 0.463 e. The molecule has 0 saturated carbocycles. The van der Waals surface area contributed by atoms with Crippen molar-refractivity contribution in [1.82, 2.24) is 30.6 Å². The Morgan fingerprint density at radius 3 is 2.79 bits per heavy atom. The molecule has 0 saturated heterocycles. The van der Waals surface area contributed by atoms with Crippen LogP contribution in [0.3, 0.4) is 0 Å². The Kier molecular flexibility index (Phi) is 4.79.